The lowest BCUT2D eigenvalue weighted by atomic mass is 10.2. The zero-order valence-corrected chi connectivity index (χ0v) is 13.1. The van der Waals surface area contributed by atoms with Gasteiger partial charge in [0, 0.05) is 32.1 Å². The normalized spacial score (nSPS) is 19.7. The summed E-state index contributed by atoms with van der Waals surface area (Å²) in [7, 11) is 0. The summed E-state index contributed by atoms with van der Waals surface area (Å²) in [5.74, 6) is -0.287. The lowest BCUT2D eigenvalue weighted by Crippen LogP contribution is -2.41. The lowest BCUT2D eigenvalue weighted by Gasteiger charge is -2.19. The molecular weight excluding hydrogens is 298 g/mol. The molecule has 1 aliphatic carbocycles. The van der Waals surface area contributed by atoms with E-state index in [4.69, 9.17) is 0 Å². The van der Waals surface area contributed by atoms with Crippen LogP contribution in [0.3, 0.4) is 0 Å². The summed E-state index contributed by atoms with van der Waals surface area (Å²) >= 11 is 0. The van der Waals surface area contributed by atoms with Crippen molar-refractivity contribution in [2.24, 2.45) is 5.92 Å². The van der Waals surface area contributed by atoms with Crippen LogP contribution < -0.4 is 10.6 Å². The number of nitrogens with zero attached hydrogens (tertiary/aromatic N) is 3. The van der Waals surface area contributed by atoms with Gasteiger partial charge in [-0.2, -0.15) is 5.10 Å². The molecule has 0 spiro atoms. The van der Waals surface area contributed by atoms with Crippen LogP contribution in [-0.4, -0.2) is 52.0 Å². The molecule has 0 bridgehead atoms. The van der Waals surface area contributed by atoms with Crippen molar-refractivity contribution < 1.29 is 14.4 Å². The fourth-order valence-corrected chi connectivity index (χ4v) is 2.80. The van der Waals surface area contributed by atoms with Gasteiger partial charge >= 0.3 is 11.8 Å². The molecule has 8 heteroatoms. The Kier molecular flexibility index (Phi) is 4.31. The first-order valence-corrected chi connectivity index (χ1v) is 7.96. The lowest BCUT2D eigenvalue weighted by molar-refractivity contribution is -0.143. The van der Waals surface area contributed by atoms with Gasteiger partial charge in [0.15, 0.2) is 0 Å². The summed E-state index contributed by atoms with van der Waals surface area (Å²) in [5, 5.41) is 9.58. The Morgan fingerprint density at radius 2 is 2.17 bits per heavy atom. The van der Waals surface area contributed by atoms with E-state index in [1.165, 1.54) is 17.7 Å². The second-order valence-electron chi connectivity index (χ2n) is 6.09. The standard InChI is InChI=1S/C15H21N5O3/c1-10(11-2-3-11)20-12(4-6-17-20)18-14(22)15(23)19-8-5-13(21)16-7-9-19/h4,6,10-11H,2-3,5,7-9H2,1H3,(H,16,21)(H,18,22)/t10-/m0/s1. The third-order valence-electron chi connectivity index (χ3n) is 4.40. The zero-order chi connectivity index (χ0) is 16.4. The van der Waals surface area contributed by atoms with Gasteiger partial charge in [0.05, 0.1) is 12.2 Å². The van der Waals surface area contributed by atoms with Crippen molar-refractivity contribution >= 4 is 23.5 Å². The van der Waals surface area contributed by atoms with E-state index in [-0.39, 0.29) is 24.9 Å². The molecule has 124 valence electrons. The molecule has 0 unspecified atom stereocenters. The van der Waals surface area contributed by atoms with Gasteiger partial charge in [-0.3, -0.25) is 14.4 Å². The zero-order valence-electron chi connectivity index (χ0n) is 13.1. The van der Waals surface area contributed by atoms with Crippen LogP contribution >= 0.6 is 0 Å². The summed E-state index contributed by atoms with van der Waals surface area (Å²) in [4.78, 5) is 37.2. The third-order valence-corrected chi connectivity index (χ3v) is 4.40. The van der Waals surface area contributed by atoms with Crippen molar-refractivity contribution in [1.29, 1.82) is 0 Å². The number of nitrogens with one attached hydrogen (secondary N) is 2. The van der Waals surface area contributed by atoms with Gasteiger partial charge in [0.25, 0.3) is 0 Å². The summed E-state index contributed by atoms with van der Waals surface area (Å²) < 4.78 is 1.76. The summed E-state index contributed by atoms with van der Waals surface area (Å²) in [6, 6.07) is 1.90. The van der Waals surface area contributed by atoms with Gasteiger partial charge in [0.1, 0.15) is 5.82 Å². The number of carbonyl (C=O) groups is 3. The number of hydrogen-bond donors (Lipinski definition) is 2. The summed E-state index contributed by atoms with van der Waals surface area (Å²) in [5.41, 5.74) is 0. The highest BCUT2D eigenvalue weighted by Crippen LogP contribution is 2.40. The minimum atomic E-state index is -0.691. The van der Waals surface area contributed by atoms with Gasteiger partial charge in [-0.05, 0) is 25.7 Å². The van der Waals surface area contributed by atoms with E-state index < -0.39 is 11.8 Å². The predicted octanol–water partition coefficient (Wildman–Crippen LogP) is 0.141. The average Bonchev–Trinajstić information content (AvgIpc) is 3.31. The molecule has 2 fully saturated rings. The molecule has 0 aromatic carbocycles. The van der Waals surface area contributed by atoms with Crippen molar-refractivity contribution in [3.8, 4) is 0 Å². The van der Waals surface area contributed by atoms with E-state index in [0.29, 0.717) is 24.8 Å². The maximum atomic E-state index is 12.3. The quantitative estimate of drug-likeness (QED) is 0.775. The molecule has 1 aromatic rings. The Morgan fingerprint density at radius 1 is 1.39 bits per heavy atom. The number of amides is 3. The van der Waals surface area contributed by atoms with Crippen LogP contribution in [0.15, 0.2) is 12.3 Å². The Morgan fingerprint density at radius 3 is 2.91 bits per heavy atom. The Labute approximate surface area is 134 Å². The van der Waals surface area contributed by atoms with Crippen LogP contribution in [0.5, 0.6) is 0 Å². The van der Waals surface area contributed by atoms with E-state index in [2.05, 4.69) is 22.7 Å². The highest BCUT2D eigenvalue weighted by molar-refractivity contribution is 6.39. The molecule has 1 saturated carbocycles. The smallest absolute Gasteiger partial charge is 0.315 e. The molecule has 1 aliphatic heterocycles. The molecule has 0 radical (unpaired) electrons. The largest absolute Gasteiger partial charge is 0.354 e. The maximum absolute atomic E-state index is 12.3. The molecule has 2 heterocycles. The van der Waals surface area contributed by atoms with E-state index in [0.717, 1.165) is 0 Å². The predicted molar refractivity (Wildman–Crippen MR) is 82.5 cm³/mol. The van der Waals surface area contributed by atoms with Crippen LogP contribution in [0.2, 0.25) is 0 Å². The van der Waals surface area contributed by atoms with Crippen LogP contribution in [0.1, 0.15) is 32.2 Å². The van der Waals surface area contributed by atoms with Gasteiger partial charge < -0.3 is 15.5 Å². The van der Waals surface area contributed by atoms with Crippen LogP contribution in [0.4, 0.5) is 5.82 Å². The first kappa shape index (κ1) is 15.5. The number of rotatable bonds is 3. The average molecular weight is 319 g/mol. The Balaban J connectivity index is 1.63. The van der Waals surface area contributed by atoms with Crippen molar-refractivity contribution in [2.45, 2.75) is 32.2 Å². The molecule has 2 N–H and O–H groups in total. The van der Waals surface area contributed by atoms with E-state index in [9.17, 15) is 14.4 Å². The number of anilines is 1. The van der Waals surface area contributed by atoms with E-state index in [1.807, 2.05) is 0 Å². The van der Waals surface area contributed by atoms with Gasteiger partial charge in [-0.25, -0.2) is 4.68 Å². The fraction of sp³-hybridized carbons (Fsp3) is 0.600. The van der Waals surface area contributed by atoms with Crippen molar-refractivity contribution in [3.63, 3.8) is 0 Å². The highest BCUT2D eigenvalue weighted by Gasteiger charge is 2.31. The molecule has 1 atom stereocenters. The first-order chi connectivity index (χ1) is 11.1. The molecule has 2 aliphatic rings. The molecule has 8 nitrogen and oxygen atoms in total. The van der Waals surface area contributed by atoms with Crippen LogP contribution in [0, 0.1) is 5.92 Å². The van der Waals surface area contributed by atoms with Crippen LogP contribution in [-0.2, 0) is 14.4 Å². The first-order valence-electron chi connectivity index (χ1n) is 7.96. The SMILES string of the molecule is C[C@@H](C1CC1)n1nccc1NC(=O)C(=O)N1CCNC(=O)CC1. The topological polar surface area (TPSA) is 96.3 Å². The molecule has 1 saturated heterocycles. The van der Waals surface area contributed by atoms with Gasteiger partial charge in [0.2, 0.25) is 5.91 Å². The molecular formula is C15H21N5O3. The number of hydrogen-bond acceptors (Lipinski definition) is 4. The van der Waals surface area contributed by atoms with Crippen LogP contribution in [0.25, 0.3) is 0 Å². The van der Waals surface area contributed by atoms with Crippen molar-refractivity contribution in [3.05, 3.63) is 12.3 Å². The molecule has 23 heavy (non-hydrogen) atoms. The minimum Gasteiger partial charge on any atom is -0.354 e. The van der Waals surface area contributed by atoms with Crippen molar-refractivity contribution in [1.82, 2.24) is 20.0 Å². The summed E-state index contributed by atoms with van der Waals surface area (Å²) in [6.07, 6.45) is 4.17. The third kappa shape index (κ3) is 3.52. The van der Waals surface area contributed by atoms with Gasteiger partial charge in [-0.1, -0.05) is 0 Å². The number of aromatic nitrogens is 2. The van der Waals surface area contributed by atoms with Gasteiger partial charge in [-0.15, -0.1) is 0 Å². The Hall–Kier alpha value is -2.38. The second-order valence-corrected chi connectivity index (χ2v) is 6.09. The van der Waals surface area contributed by atoms with Crippen molar-refractivity contribution in [2.75, 3.05) is 25.0 Å². The molecule has 3 rings (SSSR count). The molecule has 3 amide bonds. The number of carbonyl (C=O) groups excluding carboxylic acids is 3. The minimum absolute atomic E-state index is 0.1000. The van der Waals surface area contributed by atoms with E-state index >= 15 is 0 Å². The Bertz CT molecular complexity index is 622. The second kappa shape index (κ2) is 6.39. The highest BCUT2D eigenvalue weighted by atomic mass is 16.2. The monoisotopic (exact) mass is 319 g/mol. The molecule has 1 aromatic heterocycles. The maximum Gasteiger partial charge on any atom is 0.315 e. The summed E-state index contributed by atoms with van der Waals surface area (Å²) in [6.45, 7) is 3.04. The van der Waals surface area contributed by atoms with E-state index in [1.54, 1.807) is 16.9 Å². The fourth-order valence-electron chi connectivity index (χ4n) is 2.80.